The number of carbonyl (C=O) groups is 1. The number of aryl methyl sites for hydroxylation is 2. The fourth-order valence-electron chi connectivity index (χ4n) is 3.70. The highest BCUT2D eigenvalue weighted by Crippen LogP contribution is 2.32. The molecule has 28 heavy (non-hydrogen) atoms. The highest BCUT2D eigenvalue weighted by molar-refractivity contribution is 5.94. The lowest BCUT2D eigenvalue weighted by atomic mass is 9.97. The molecule has 0 bridgehead atoms. The van der Waals surface area contributed by atoms with Crippen molar-refractivity contribution in [2.75, 3.05) is 6.54 Å². The predicted octanol–water partition coefficient (Wildman–Crippen LogP) is 3.99. The lowest BCUT2D eigenvalue weighted by molar-refractivity contribution is 0.0605. The van der Waals surface area contributed by atoms with Crippen molar-refractivity contribution in [2.24, 2.45) is 0 Å². The number of nitrogens with zero attached hydrogens (tertiary/aromatic N) is 4. The number of imidazole rings is 1. The summed E-state index contributed by atoms with van der Waals surface area (Å²) in [5.74, 6) is 0.733. The second-order valence-corrected chi connectivity index (χ2v) is 7.16. The number of halogens is 1. The number of carbonyl (C=O) groups excluding carboxylic acids is 1. The molecule has 1 aliphatic rings. The molecule has 1 atom stereocenters. The zero-order chi connectivity index (χ0) is 19.7. The molecular formula is C21H22FN5O. The number of aromatic nitrogens is 4. The monoisotopic (exact) mass is 379 g/mol. The van der Waals surface area contributed by atoms with Gasteiger partial charge in [0.15, 0.2) is 5.82 Å². The van der Waals surface area contributed by atoms with Gasteiger partial charge in [-0.2, -0.15) is 0 Å². The van der Waals surface area contributed by atoms with E-state index in [0.717, 1.165) is 30.7 Å². The van der Waals surface area contributed by atoms with Crippen LogP contribution in [0.1, 0.15) is 52.9 Å². The van der Waals surface area contributed by atoms with E-state index in [4.69, 9.17) is 0 Å². The zero-order valence-electron chi connectivity index (χ0n) is 15.9. The summed E-state index contributed by atoms with van der Waals surface area (Å²) in [5, 5.41) is 0. The van der Waals surface area contributed by atoms with Crippen LogP contribution in [0.15, 0.2) is 36.5 Å². The first-order valence-electron chi connectivity index (χ1n) is 9.45. The first-order chi connectivity index (χ1) is 13.5. The second kappa shape index (κ2) is 7.50. The normalized spacial score (nSPS) is 17.0. The average molecular weight is 379 g/mol. The van der Waals surface area contributed by atoms with E-state index >= 15 is 0 Å². The van der Waals surface area contributed by atoms with E-state index in [-0.39, 0.29) is 11.9 Å². The molecule has 1 aliphatic heterocycles. The largest absolute Gasteiger partial charge is 0.341 e. The van der Waals surface area contributed by atoms with Gasteiger partial charge in [-0.15, -0.1) is 0 Å². The van der Waals surface area contributed by atoms with E-state index in [1.807, 2.05) is 19.9 Å². The minimum absolute atomic E-state index is 0.166. The van der Waals surface area contributed by atoms with Crippen LogP contribution >= 0.6 is 0 Å². The number of nitrogens with one attached hydrogen (secondary N) is 1. The molecule has 3 heterocycles. The number of piperidine rings is 1. The molecule has 1 amide bonds. The van der Waals surface area contributed by atoms with Crippen molar-refractivity contribution in [2.45, 2.75) is 39.2 Å². The lowest BCUT2D eigenvalue weighted by Crippen LogP contribution is -2.39. The molecule has 1 fully saturated rings. The summed E-state index contributed by atoms with van der Waals surface area (Å²) in [5.41, 5.74) is 2.81. The summed E-state index contributed by atoms with van der Waals surface area (Å²) in [6.07, 6.45) is 4.50. The highest BCUT2D eigenvalue weighted by atomic mass is 19.1. The lowest BCUT2D eigenvalue weighted by Gasteiger charge is -2.35. The van der Waals surface area contributed by atoms with Crippen molar-refractivity contribution in [3.63, 3.8) is 0 Å². The number of likely N-dealkylation sites (tertiary alicyclic amines) is 1. The van der Waals surface area contributed by atoms with E-state index in [9.17, 15) is 9.18 Å². The van der Waals surface area contributed by atoms with E-state index in [0.29, 0.717) is 29.5 Å². The fourth-order valence-corrected chi connectivity index (χ4v) is 3.70. The molecule has 6 nitrogen and oxygen atoms in total. The number of H-pyrrole nitrogens is 1. The number of aromatic amines is 1. The van der Waals surface area contributed by atoms with Gasteiger partial charge in [-0.1, -0.05) is 6.07 Å². The van der Waals surface area contributed by atoms with Gasteiger partial charge >= 0.3 is 0 Å². The summed E-state index contributed by atoms with van der Waals surface area (Å²) in [4.78, 5) is 31.5. The van der Waals surface area contributed by atoms with Crippen molar-refractivity contribution < 1.29 is 9.18 Å². The van der Waals surface area contributed by atoms with Gasteiger partial charge < -0.3 is 9.88 Å². The summed E-state index contributed by atoms with van der Waals surface area (Å²) < 4.78 is 13.6. The number of hydrogen-bond acceptors (Lipinski definition) is 4. The fraction of sp³-hybridized carbons (Fsp3) is 0.333. The number of benzene rings is 1. The van der Waals surface area contributed by atoms with Gasteiger partial charge in [-0.25, -0.2) is 19.3 Å². The first kappa shape index (κ1) is 18.3. The van der Waals surface area contributed by atoms with Crippen LogP contribution in [0, 0.1) is 19.7 Å². The quantitative estimate of drug-likeness (QED) is 0.747. The van der Waals surface area contributed by atoms with Crippen molar-refractivity contribution in [3.05, 3.63) is 65.1 Å². The Morgan fingerprint density at radius 2 is 2.07 bits per heavy atom. The number of rotatable bonds is 3. The molecule has 4 rings (SSSR count). The van der Waals surface area contributed by atoms with Crippen LogP contribution in [0.5, 0.6) is 0 Å². The smallest absolute Gasteiger partial charge is 0.254 e. The molecule has 0 aliphatic carbocycles. The first-order valence-corrected chi connectivity index (χ1v) is 9.45. The highest BCUT2D eigenvalue weighted by Gasteiger charge is 2.30. The Labute approximate surface area is 162 Å². The van der Waals surface area contributed by atoms with Crippen LogP contribution in [-0.2, 0) is 0 Å². The predicted molar refractivity (Wildman–Crippen MR) is 103 cm³/mol. The van der Waals surface area contributed by atoms with Crippen LogP contribution in [0.4, 0.5) is 4.39 Å². The maximum Gasteiger partial charge on any atom is 0.254 e. The Bertz CT molecular complexity index is 1020. The third-order valence-corrected chi connectivity index (χ3v) is 4.98. The molecule has 1 saturated heterocycles. The standard InChI is InChI=1S/C21H22FN5O/c1-13-12-23-20(24-13)18-11-17(25-14(2)26-18)19-8-3-4-9-27(19)21(28)15-6-5-7-16(22)10-15/h5-7,10-12,19H,3-4,8-9H2,1-2H3,(H,23,24)/t19-/m1/s1. The van der Waals surface area contributed by atoms with Crippen molar-refractivity contribution >= 4 is 5.91 Å². The third-order valence-electron chi connectivity index (χ3n) is 4.98. The molecule has 1 aromatic carbocycles. The molecule has 3 aromatic rings. The molecule has 1 N–H and O–H groups in total. The number of hydrogen-bond donors (Lipinski definition) is 1. The van der Waals surface area contributed by atoms with Gasteiger partial charge in [0.2, 0.25) is 0 Å². The Balaban J connectivity index is 1.70. The Kier molecular flexibility index (Phi) is 4.90. The average Bonchev–Trinajstić information content (AvgIpc) is 3.13. The minimum atomic E-state index is -0.409. The zero-order valence-corrected chi connectivity index (χ0v) is 15.9. The van der Waals surface area contributed by atoms with Crippen molar-refractivity contribution in [1.29, 1.82) is 0 Å². The van der Waals surface area contributed by atoms with Crippen LogP contribution in [0.25, 0.3) is 11.5 Å². The van der Waals surface area contributed by atoms with Crippen LogP contribution in [0.2, 0.25) is 0 Å². The topological polar surface area (TPSA) is 74.8 Å². The van der Waals surface area contributed by atoms with Crippen molar-refractivity contribution in [1.82, 2.24) is 24.8 Å². The van der Waals surface area contributed by atoms with E-state index < -0.39 is 5.82 Å². The molecule has 0 spiro atoms. The van der Waals surface area contributed by atoms with Gasteiger partial charge in [0.1, 0.15) is 17.3 Å². The van der Waals surface area contributed by atoms with Crippen LogP contribution < -0.4 is 0 Å². The third kappa shape index (κ3) is 3.65. The molecule has 0 radical (unpaired) electrons. The summed E-state index contributed by atoms with van der Waals surface area (Å²) >= 11 is 0. The van der Waals surface area contributed by atoms with Gasteiger partial charge in [-0.05, 0) is 57.4 Å². The molecule has 7 heteroatoms. The molecule has 2 aromatic heterocycles. The van der Waals surface area contributed by atoms with Gasteiger partial charge in [0.05, 0.1) is 11.7 Å². The second-order valence-electron chi connectivity index (χ2n) is 7.16. The van der Waals surface area contributed by atoms with E-state index in [1.165, 1.54) is 12.1 Å². The van der Waals surface area contributed by atoms with E-state index in [2.05, 4.69) is 19.9 Å². The van der Waals surface area contributed by atoms with Crippen LogP contribution in [0.3, 0.4) is 0 Å². The molecule has 0 unspecified atom stereocenters. The molecule has 0 saturated carbocycles. The Hall–Kier alpha value is -3.09. The van der Waals surface area contributed by atoms with Gasteiger partial charge in [0, 0.05) is 24.0 Å². The SMILES string of the molecule is Cc1nc(-c2ncc(C)[nH]2)cc([C@H]2CCCCN2C(=O)c2cccc(F)c2)n1. The summed E-state index contributed by atoms with van der Waals surface area (Å²) in [6, 6.07) is 7.58. The molecule has 144 valence electrons. The summed E-state index contributed by atoms with van der Waals surface area (Å²) in [7, 11) is 0. The Morgan fingerprint density at radius 1 is 1.21 bits per heavy atom. The van der Waals surface area contributed by atoms with Crippen LogP contribution in [-0.4, -0.2) is 37.3 Å². The molecular weight excluding hydrogens is 357 g/mol. The minimum Gasteiger partial charge on any atom is -0.341 e. The van der Waals surface area contributed by atoms with Gasteiger partial charge in [0.25, 0.3) is 5.91 Å². The maximum atomic E-state index is 13.6. The summed E-state index contributed by atoms with van der Waals surface area (Å²) in [6.45, 7) is 4.40. The van der Waals surface area contributed by atoms with E-state index in [1.54, 1.807) is 23.2 Å². The maximum absolute atomic E-state index is 13.6. The Morgan fingerprint density at radius 3 is 2.82 bits per heavy atom. The van der Waals surface area contributed by atoms with Gasteiger partial charge in [-0.3, -0.25) is 4.79 Å². The number of amides is 1. The van der Waals surface area contributed by atoms with Crippen molar-refractivity contribution in [3.8, 4) is 11.5 Å².